The van der Waals surface area contributed by atoms with E-state index in [1.165, 1.54) is 11.1 Å². The predicted octanol–water partition coefficient (Wildman–Crippen LogP) is -0.362. The number of carbonyl (C=O) groups excluding carboxylic acids is 2. The second kappa shape index (κ2) is 12.1. The third kappa shape index (κ3) is 12.9. The number of carbonyl (C=O) groups is 2. The van der Waals surface area contributed by atoms with Crippen LogP contribution >= 0.6 is 0 Å². The fourth-order valence-electron chi connectivity index (χ4n) is 1.34. The fourth-order valence-corrected chi connectivity index (χ4v) is 1.34. The molecule has 0 fully saturated rings. The number of nitrogen functional groups attached to an aromatic ring is 2. The molecule has 0 spiro atoms. The Morgan fingerprint density at radius 1 is 0.783 bits per heavy atom. The van der Waals surface area contributed by atoms with E-state index in [9.17, 15) is 0 Å². The molecule has 1 radical (unpaired) electrons. The molecule has 23 heavy (non-hydrogen) atoms. The van der Waals surface area contributed by atoms with Gasteiger partial charge >= 0.3 is 17.1 Å². The molecule has 2 rings (SSSR count). The van der Waals surface area contributed by atoms with Crippen molar-refractivity contribution < 1.29 is 36.9 Å². The number of aryl methyl sites for hydroxylation is 2. The molecular weight excluding hydrogens is 348 g/mol. The zero-order valence-electron chi connectivity index (χ0n) is 12.7. The molecule has 0 atom stereocenters. The minimum absolute atomic E-state index is 0. The van der Waals surface area contributed by atoms with Crippen molar-refractivity contribution in [3.8, 4) is 0 Å². The van der Waals surface area contributed by atoms with Crippen molar-refractivity contribution in [2.75, 3.05) is 11.5 Å². The van der Waals surface area contributed by atoms with E-state index in [2.05, 4.69) is 0 Å². The molecule has 4 N–H and O–H groups in total. The van der Waals surface area contributed by atoms with Gasteiger partial charge in [0.15, 0.2) is 0 Å². The monoisotopic (exact) mass is 365 g/mol. The minimum atomic E-state index is -2.19. The number of aliphatic carboxylic acids is 2. The van der Waals surface area contributed by atoms with Crippen molar-refractivity contribution in [2.45, 2.75) is 13.8 Å². The summed E-state index contributed by atoms with van der Waals surface area (Å²) in [6.45, 7) is 4.05. The van der Waals surface area contributed by atoms with Gasteiger partial charge in [0, 0.05) is 11.4 Å². The van der Waals surface area contributed by atoms with Crippen LogP contribution in [0.1, 0.15) is 11.1 Å². The Hall–Kier alpha value is -2.50. The van der Waals surface area contributed by atoms with Gasteiger partial charge in [-0.3, -0.25) is 0 Å². The van der Waals surface area contributed by atoms with Crippen LogP contribution in [0.3, 0.4) is 0 Å². The Morgan fingerprint density at radius 3 is 1.22 bits per heavy atom. The molecule has 0 saturated carbocycles. The fraction of sp³-hybridized carbons (Fsp3) is 0.125. The van der Waals surface area contributed by atoms with Gasteiger partial charge in [0.1, 0.15) is 0 Å². The van der Waals surface area contributed by atoms with E-state index >= 15 is 0 Å². The second-order valence-electron chi connectivity index (χ2n) is 4.40. The normalized spacial score (nSPS) is 8.26. The number of anilines is 2. The minimum Gasteiger partial charge on any atom is -0.543 e. The summed E-state index contributed by atoms with van der Waals surface area (Å²) in [5.41, 5.74) is 15.0. The summed E-state index contributed by atoms with van der Waals surface area (Å²) in [4.78, 5) is 17.9. The van der Waals surface area contributed by atoms with Crippen molar-refractivity contribution in [3.63, 3.8) is 0 Å². The smallest absolute Gasteiger partial charge is 0.543 e. The molecular formula is C16H18CuN2O4. The maximum atomic E-state index is 8.93. The van der Waals surface area contributed by atoms with Crippen molar-refractivity contribution >= 4 is 23.3 Å². The molecule has 2 aromatic carbocycles. The van der Waals surface area contributed by atoms with E-state index in [1.54, 1.807) is 0 Å². The summed E-state index contributed by atoms with van der Waals surface area (Å²) in [7, 11) is 0. The van der Waals surface area contributed by atoms with Gasteiger partial charge in [-0.05, 0) is 49.2 Å². The van der Waals surface area contributed by atoms with Gasteiger partial charge in [0.2, 0.25) is 0 Å². The Kier molecular flexibility index (Phi) is 12.0. The Bertz CT molecular complexity index is 543. The predicted molar refractivity (Wildman–Crippen MR) is 81.2 cm³/mol. The molecule has 0 aliphatic carbocycles. The average molecular weight is 366 g/mol. The summed E-state index contributed by atoms with van der Waals surface area (Å²) in [5.74, 6) is -4.37. The number of carboxylic acid groups (broad SMARTS) is 2. The Labute approximate surface area is 145 Å². The molecule has 7 heteroatoms. The van der Waals surface area contributed by atoms with Gasteiger partial charge in [0.25, 0.3) is 0 Å². The molecule has 2 aromatic rings. The van der Waals surface area contributed by atoms with Crippen LogP contribution in [-0.4, -0.2) is 11.9 Å². The summed E-state index contributed by atoms with van der Waals surface area (Å²) >= 11 is 0. The first kappa shape index (κ1) is 22.8. The topological polar surface area (TPSA) is 132 Å². The first-order valence-electron chi connectivity index (χ1n) is 6.29. The van der Waals surface area contributed by atoms with Crippen LogP contribution in [0.25, 0.3) is 0 Å². The van der Waals surface area contributed by atoms with Crippen LogP contribution in [-0.2, 0) is 26.7 Å². The molecule has 0 unspecified atom stereocenters. The van der Waals surface area contributed by atoms with E-state index in [0.29, 0.717) is 0 Å². The molecule has 0 aromatic heterocycles. The van der Waals surface area contributed by atoms with E-state index in [4.69, 9.17) is 31.3 Å². The van der Waals surface area contributed by atoms with Crippen molar-refractivity contribution in [1.82, 2.24) is 0 Å². The average Bonchev–Trinajstić information content (AvgIpc) is 2.39. The quantitative estimate of drug-likeness (QED) is 0.372. The van der Waals surface area contributed by atoms with Gasteiger partial charge in [-0.15, -0.1) is 0 Å². The van der Waals surface area contributed by atoms with Crippen LogP contribution in [0, 0.1) is 13.8 Å². The number of carboxylic acids is 2. The summed E-state index contributed by atoms with van der Waals surface area (Å²) in [5, 5.41) is 17.9. The van der Waals surface area contributed by atoms with Crippen LogP contribution < -0.4 is 21.7 Å². The van der Waals surface area contributed by atoms with Crippen LogP contribution in [0.15, 0.2) is 48.5 Å². The van der Waals surface area contributed by atoms with Crippen LogP contribution in [0.5, 0.6) is 0 Å². The zero-order chi connectivity index (χ0) is 17.1. The molecule has 0 amide bonds. The maximum Gasteiger partial charge on any atom is 2.00 e. The third-order valence-corrected chi connectivity index (χ3v) is 2.25. The first-order chi connectivity index (χ1) is 10.2. The third-order valence-electron chi connectivity index (χ3n) is 2.25. The van der Waals surface area contributed by atoms with E-state index in [1.807, 2.05) is 62.4 Å². The van der Waals surface area contributed by atoms with Crippen LogP contribution in [0.4, 0.5) is 11.4 Å². The number of nitrogens with two attached hydrogens (primary N) is 2. The van der Waals surface area contributed by atoms with Gasteiger partial charge in [-0.25, -0.2) is 0 Å². The summed E-state index contributed by atoms with van der Waals surface area (Å²) < 4.78 is 0. The summed E-state index contributed by atoms with van der Waals surface area (Å²) in [6, 6.07) is 15.6. The van der Waals surface area contributed by atoms with E-state index in [0.717, 1.165) is 11.4 Å². The van der Waals surface area contributed by atoms with Crippen molar-refractivity contribution in [2.24, 2.45) is 0 Å². The number of benzene rings is 2. The molecule has 6 nitrogen and oxygen atoms in total. The van der Waals surface area contributed by atoms with E-state index < -0.39 is 11.9 Å². The standard InChI is InChI=1S/2C7H9N.C2H2O4.Cu/c2*1-6-3-2-4-7(8)5-6;3-1(4)2(5)6;/h2*2-5H,8H2,1H3;(H,3,4)(H,5,6);/q;;;+2/p-2. The molecule has 0 aliphatic rings. The van der Waals surface area contributed by atoms with Crippen molar-refractivity contribution in [1.29, 1.82) is 0 Å². The molecule has 0 heterocycles. The number of hydrogen-bond acceptors (Lipinski definition) is 6. The SMILES string of the molecule is Cc1cccc(N)c1.Cc1cccc(N)c1.O=C([O-])C(=O)[O-].[Cu+2]. The van der Waals surface area contributed by atoms with Gasteiger partial charge in [-0.1, -0.05) is 24.3 Å². The Morgan fingerprint density at radius 2 is 1.09 bits per heavy atom. The maximum absolute atomic E-state index is 8.93. The van der Waals surface area contributed by atoms with Crippen molar-refractivity contribution in [3.05, 3.63) is 59.7 Å². The number of hydrogen-bond donors (Lipinski definition) is 2. The Balaban J connectivity index is 0. The zero-order valence-corrected chi connectivity index (χ0v) is 13.6. The first-order valence-corrected chi connectivity index (χ1v) is 6.29. The molecule has 0 bridgehead atoms. The molecule has 127 valence electrons. The number of rotatable bonds is 0. The summed E-state index contributed by atoms with van der Waals surface area (Å²) in [6.07, 6.45) is 0. The molecule has 0 aliphatic heterocycles. The van der Waals surface area contributed by atoms with Crippen LogP contribution in [0.2, 0.25) is 0 Å². The van der Waals surface area contributed by atoms with Gasteiger partial charge in [0.05, 0.1) is 11.9 Å². The van der Waals surface area contributed by atoms with E-state index in [-0.39, 0.29) is 17.1 Å². The van der Waals surface area contributed by atoms with Gasteiger partial charge in [-0.2, -0.15) is 0 Å². The second-order valence-corrected chi connectivity index (χ2v) is 4.40. The molecule has 0 saturated heterocycles. The van der Waals surface area contributed by atoms with Gasteiger partial charge < -0.3 is 31.3 Å². The largest absolute Gasteiger partial charge is 2.00 e.